The topological polar surface area (TPSA) is 90.9 Å². The molecule has 3 N–H and O–H groups in total. The van der Waals surface area contributed by atoms with Crippen LogP contribution in [0.25, 0.3) is 0 Å². The number of aromatic nitrogens is 4. The second kappa shape index (κ2) is 6.09. The van der Waals surface area contributed by atoms with E-state index in [2.05, 4.69) is 31.8 Å². The summed E-state index contributed by atoms with van der Waals surface area (Å²) in [5.41, 5.74) is 7.87. The normalized spacial score (nSPS) is 18.0. The van der Waals surface area contributed by atoms with E-state index < -0.39 is 0 Å². The summed E-state index contributed by atoms with van der Waals surface area (Å²) in [6, 6.07) is 1.96. The highest BCUT2D eigenvalue weighted by molar-refractivity contribution is 5.41. The first kappa shape index (κ1) is 13.8. The van der Waals surface area contributed by atoms with Crippen molar-refractivity contribution in [2.75, 3.05) is 24.3 Å². The molecule has 2 aromatic rings. The molecule has 7 nitrogen and oxygen atoms in total. The van der Waals surface area contributed by atoms with Crippen molar-refractivity contribution >= 4 is 11.8 Å². The molecule has 1 aliphatic rings. The Balaban J connectivity index is 1.73. The number of ether oxygens (including phenoxy) is 1. The summed E-state index contributed by atoms with van der Waals surface area (Å²) in [6.07, 6.45) is 4.66. The molecule has 1 fully saturated rings. The van der Waals surface area contributed by atoms with Gasteiger partial charge in [0.15, 0.2) is 0 Å². The van der Waals surface area contributed by atoms with Gasteiger partial charge < -0.3 is 20.4 Å². The van der Waals surface area contributed by atoms with Crippen molar-refractivity contribution in [3.63, 3.8) is 0 Å². The Morgan fingerprint density at radius 3 is 3.14 bits per heavy atom. The van der Waals surface area contributed by atoms with Crippen LogP contribution in [-0.4, -0.2) is 32.7 Å². The highest BCUT2D eigenvalue weighted by Crippen LogP contribution is 2.25. The van der Waals surface area contributed by atoms with Crippen LogP contribution in [0.5, 0.6) is 0 Å². The van der Waals surface area contributed by atoms with E-state index in [1.165, 1.54) is 0 Å². The van der Waals surface area contributed by atoms with Gasteiger partial charge in [0.1, 0.15) is 5.82 Å². The van der Waals surface area contributed by atoms with Gasteiger partial charge in [-0.3, -0.25) is 0 Å². The van der Waals surface area contributed by atoms with E-state index in [1.54, 1.807) is 0 Å². The molecule has 0 amide bonds. The van der Waals surface area contributed by atoms with Crippen LogP contribution < -0.4 is 11.1 Å². The summed E-state index contributed by atoms with van der Waals surface area (Å²) in [4.78, 5) is 12.7. The lowest BCUT2D eigenvalue weighted by atomic mass is 10.0. The summed E-state index contributed by atoms with van der Waals surface area (Å²) in [6.45, 7) is 5.13. The van der Waals surface area contributed by atoms with E-state index in [0.717, 1.165) is 36.8 Å². The molecule has 21 heavy (non-hydrogen) atoms. The molecule has 7 heteroatoms. The zero-order valence-electron chi connectivity index (χ0n) is 12.1. The molecule has 0 aromatic carbocycles. The predicted molar refractivity (Wildman–Crippen MR) is 79.8 cm³/mol. The van der Waals surface area contributed by atoms with Crippen LogP contribution in [0.15, 0.2) is 18.6 Å². The quantitative estimate of drug-likeness (QED) is 0.864. The van der Waals surface area contributed by atoms with Gasteiger partial charge in [-0.05, 0) is 13.3 Å². The van der Waals surface area contributed by atoms with Crippen LogP contribution in [0.1, 0.15) is 30.7 Å². The standard InChI is InChI=1S/C14H20N6O/c1-2-20-9-16-6-11(20)7-17-13-5-12(18-14(15)19-13)10-3-4-21-8-10/h5-6,9-10H,2-4,7-8H2,1H3,(H3,15,17,18,19). The first-order valence-corrected chi connectivity index (χ1v) is 7.21. The van der Waals surface area contributed by atoms with Crippen molar-refractivity contribution in [2.45, 2.75) is 32.4 Å². The van der Waals surface area contributed by atoms with Crippen LogP contribution in [0.4, 0.5) is 11.8 Å². The van der Waals surface area contributed by atoms with Crippen LogP contribution in [0, 0.1) is 0 Å². The SMILES string of the molecule is CCn1cncc1CNc1cc(C2CCOC2)nc(N)n1. The van der Waals surface area contributed by atoms with Gasteiger partial charge in [-0.15, -0.1) is 0 Å². The van der Waals surface area contributed by atoms with Gasteiger partial charge in [-0.25, -0.2) is 9.97 Å². The molecule has 1 aliphatic heterocycles. The van der Waals surface area contributed by atoms with Crippen molar-refractivity contribution in [2.24, 2.45) is 0 Å². The molecule has 1 saturated heterocycles. The lowest BCUT2D eigenvalue weighted by molar-refractivity contribution is 0.193. The van der Waals surface area contributed by atoms with Crippen molar-refractivity contribution < 1.29 is 4.74 Å². The van der Waals surface area contributed by atoms with E-state index in [0.29, 0.717) is 25.0 Å². The number of nitrogens with one attached hydrogen (secondary N) is 1. The lowest BCUT2D eigenvalue weighted by Gasteiger charge is -2.12. The summed E-state index contributed by atoms with van der Waals surface area (Å²) in [5.74, 6) is 1.36. The maximum atomic E-state index is 5.81. The maximum absolute atomic E-state index is 5.81. The molecule has 0 aliphatic carbocycles. The Kier molecular flexibility index (Phi) is 4.01. The Morgan fingerprint density at radius 1 is 1.48 bits per heavy atom. The fraction of sp³-hybridized carbons (Fsp3) is 0.500. The van der Waals surface area contributed by atoms with E-state index in [-0.39, 0.29) is 0 Å². The van der Waals surface area contributed by atoms with Gasteiger partial charge in [0, 0.05) is 31.3 Å². The highest BCUT2D eigenvalue weighted by Gasteiger charge is 2.20. The van der Waals surface area contributed by atoms with Crippen LogP contribution in [0.2, 0.25) is 0 Å². The second-order valence-corrected chi connectivity index (χ2v) is 5.12. The number of imidazole rings is 1. The summed E-state index contributed by atoms with van der Waals surface area (Å²) < 4.78 is 7.49. The second-order valence-electron chi connectivity index (χ2n) is 5.12. The van der Waals surface area contributed by atoms with Gasteiger partial charge in [-0.2, -0.15) is 4.98 Å². The summed E-state index contributed by atoms with van der Waals surface area (Å²) >= 11 is 0. The highest BCUT2D eigenvalue weighted by atomic mass is 16.5. The maximum Gasteiger partial charge on any atom is 0.222 e. The molecule has 1 unspecified atom stereocenters. The van der Waals surface area contributed by atoms with Gasteiger partial charge in [0.05, 0.1) is 30.9 Å². The zero-order chi connectivity index (χ0) is 14.7. The number of nitrogens with zero attached hydrogens (tertiary/aromatic N) is 4. The number of aryl methyl sites for hydroxylation is 1. The van der Waals surface area contributed by atoms with Gasteiger partial charge in [0.25, 0.3) is 0 Å². The Morgan fingerprint density at radius 2 is 2.38 bits per heavy atom. The van der Waals surface area contributed by atoms with Crippen LogP contribution in [0.3, 0.4) is 0 Å². The number of nitrogens with two attached hydrogens (primary N) is 1. The zero-order valence-corrected chi connectivity index (χ0v) is 12.1. The summed E-state index contributed by atoms with van der Waals surface area (Å²) in [5, 5.41) is 3.29. The van der Waals surface area contributed by atoms with Crippen LogP contribution in [-0.2, 0) is 17.8 Å². The lowest BCUT2D eigenvalue weighted by Crippen LogP contribution is -2.11. The minimum absolute atomic E-state index is 0.297. The molecule has 0 radical (unpaired) electrons. The molecular formula is C14H20N6O. The fourth-order valence-electron chi connectivity index (χ4n) is 2.51. The third-order valence-corrected chi connectivity index (χ3v) is 3.70. The van der Waals surface area contributed by atoms with Crippen molar-refractivity contribution in [3.05, 3.63) is 30.0 Å². The molecule has 112 valence electrons. The average Bonchev–Trinajstić information content (AvgIpc) is 3.15. The Bertz CT molecular complexity index is 605. The molecule has 1 atom stereocenters. The smallest absolute Gasteiger partial charge is 0.222 e. The molecular weight excluding hydrogens is 268 g/mol. The first-order chi connectivity index (χ1) is 10.3. The molecule has 0 bridgehead atoms. The largest absolute Gasteiger partial charge is 0.381 e. The third-order valence-electron chi connectivity index (χ3n) is 3.70. The molecule has 0 spiro atoms. The van der Waals surface area contributed by atoms with E-state index in [9.17, 15) is 0 Å². The predicted octanol–water partition coefficient (Wildman–Crippen LogP) is 1.39. The third kappa shape index (κ3) is 3.13. The van der Waals surface area contributed by atoms with E-state index >= 15 is 0 Å². The molecule has 3 rings (SSSR count). The van der Waals surface area contributed by atoms with Crippen LogP contribution >= 0.6 is 0 Å². The number of rotatable bonds is 5. The number of hydrogen-bond acceptors (Lipinski definition) is 6. The minimum atomic E-state index is 0.297. The fourth-order valence-corrected chi connectivity index (χ4v) is 2.51. The monoisotopic (exact) mass is 288 g/mol. The Hall–Kier alpha value is -2.15. The summed E-state index contributed by atoms with van der Waals surface area (Å²) in [7, 11) is 0. The minimum Gasteiger partial charge on any atom is -0.381 e. The van der Waals surface area contributed by atoms with Crippen molar-refractivity contribution in [1.29, 1.82) is 0 Å². The number of nitrogen functional groups attached to an aromatic ring is 1. The molecule has 3 heterocycles. The van der Waals surface area contributed by atoms with Gasteiger partial charge in [-0.1, -0.05) is 0 Å². The van der Waals surface area contributed by atoms with Gasteiger partial charge >= 0.3 is 0 Å². The number of hydrogen-bond donors (Lipinski definition) is 2. The van der Waals surface area contributed by atoms with Crippen molar-refractivity contribution in [1.82, 2.24) is 19.5 Å². The number of anilines is 2. The molecule has 0 saturated carbocycles. The first-order valence-electron chi connectivity index (χ1n) is 7.21. The van der Waals surface area contributed by atoms with E-state index in [1.807, 2.05) is 18.6 Å². The molecule has 2 aromatic heterocycles. The van der Waals surface area contributed by atoms with Gasteiger partial charge in [0.2, 0.25) is 5.95 Å². The Labute approximate surface area is 123 Å². The average molecular weight is 288 g/mol. The van der Waals surface area contributed by atoms with Crippen molar-refractivity contribution in [3.8, 4) is 0 Å². The van der Waals surface area contributed by atoms with E-state index in [4.69, 9.17) is 10.5 Å².